The van der Waals surface area contributed by atoms with E-state index in [0.29, 0.717) is 11.3 Å². The number of carbonyl (C=O) groups excluding carboxylic acids is 1. The lowest BCUT2D eigenvalue weighted by Crippen LogP contribution is -2.09. The van der Waals surface area contributed by atoms with Crippen LogP contribution in [0.25, 0.3) is 0 Å². The van der Waals surface area contributed by atoms with Gasteiger partial charge in [-0.25, -0.2) is 0 Å². The Morgan fingerprint density at radius 1 is 1.27 bits per heavy atom. The highest BCUT2D eigenvalue weighted by Crippen LogP contribution is 2.25. The van der Waals surface area contributed by atoms with Gasteiger partial charge in [0.15, 0.2) is 12.4 Å². The Hall–Kier alpha value is -2.25. The number of aldehydes is 1. The van der Waals surface area contributed by atoms with Crippen LogP contribution in [0.3, 0.4) is 0 Å². The number of hydrogen-bond acceptors (Lipinski definition) is 4. The van der Waals surface area contributed by atoms with Gasteiger partial charge in [0.05, 0.1) is 11.6 Å². The predicted octanol–water partition coefficient (Wildman–Crippen LogP) is 4.30. The molecule has 4 heteroatoms. The molecule has 0 fully saturated rings. The molecule has 0 saturated carbocycles. The summed E-state index contributed by atoms with van der Waals surface area (Å²) in [6.07, 6.45) is 0.142. The molecule has 0 heterocycles. The van der Waals surface area contributed by atoms with Crippen LogP contribution in [0, 0.1) is 18.3 Å². The monoisotopic (exact) mass is 311 g/mol. The first-order valence-electron chi connectivity index (χ1n) is 7.03. The van der Waals surface area contributed by atoms with Crippen molar-refractivity contribution in [2.45, 2.75) is 24.8 Å². The molecule has 1 unspecified atom stereocenters. The molecule has 0 amide bonds. The smallest absolute Gasteiger partial charge is 0.179 e. The first-order valence-corrected chi connectivity index (χ1v) is 8.02. The van der Waals surface area contributed by atoms with Gasteiger partial charge in [0.25, 0.3) is 0 Å². The average Bonchev–Trinajstić information content (AvgIpc) is 2.54. The zero-order valence-electron chi connectivity index (χ0n) is 12.6. The van der Waals surface area contributed by atoms with Crippen molar-refractivity contribution in [2.75, 3.05) is 5.75 Å². The Bertz CT molecular complexity index is 689. The van der Waals surface area contributed by atoms with Gasteiger partial charge in [-0.15, -0.1) is 11.8 Å². The van der Waals surface area contributed by atoms with E-state index in [2.05, 4.69) is 13.0 Å². The second-order valence-corrected chi connectivity index (χ2v) is 6.10. The first-order chi connectivity index (χ1) is 10.7. The van der Waals surface area contributed by atoms with E-state index in [0.717, 1.165) is 23.2 Å². The quantitative estimate of drug-likeness (QED) is 0.589. The third kappa shape index (κ3) is 3.90. The Labute approximate surface area is 134 Å². The van der Waals surface area contributed by atoms with Crippen molar-refractivity contribution >= 4 is 18.0 Å². The summed E-state index contributed by atoms with van der Waals surface area (Å²) < 4.78 is 5.75. The van der Waals surface area contributed by atoms with E-state index in [1.165, 1.54) is 4.90 Å². The fraction of sp³-hybridized carbons (Fsp3) is 0.222. The molecule has 112 valence electrons. The molecule has 2 aromatic carbocycles. The molecule has 0 spiro atoms. The van der Waals surface area contributed by atoms with E-state index in [1.807, 2.05) is 31.2 Å². The zero-order valence-corrected chi connectivity index (χ0v) is 13.4. The molecule has 2 aromatic rings. The first kappa shape index (κ1) is 16.1. The average molecular weight is 311 g/mol. The number of nitrogens with zero attached hydrogens (tertiary/aromatic N) is 1. The van der Waals surface area contributed by atoms with Crippen molar-refractivity contribution in [3.8, 4) is 11.8 Å². The van der Waals surface area contributed by atoms with Gasteiger partial charge in [-0.1, -0.05) is 19.1 Å². The normalized spacial score (nSPS) is 11.5. The minimum Gasteiger partial charge on any atom is -0.478 e. The largest absolute Gasteiger partial charge is 0.478 e. The highest BCUT2D eigenvalue weighted by atomic mass is 32.2. The number of hydrogen-bond donors (Lipinski definition) is 0. The molecule has 2 rings (SSSR count). The van der Waals surface area contributed by atoms with Gasteiger partial charge in [0, 0.05) is 4.90 Å². The lowest BCUT2D eigenvalue weighted by atomic mass is 10.1. The summed E-state index contributed by atoms with van der Waals surface area (Å²) in [5, 5.41) is 8.94. The molecule has 0 aliphatic rings. The van der Waals surface area contributed by atoms with E-state index < -0.39 is 6.10 Å². The van der Waals surface area contributed by atoms with Crippen LogP contribution in [-0.4, -0.2) is 12.0 Å². The highest BCUT2D eigenvalue weighted by Gasteiger charge is 2.13. The number of thioether (sulfide) groups is 1. The van der Waals surface area contributed by atoms with Crippen molar-refractivity contribution < 1.29 is 9.53 Å². The number of rotatable bonds is 6. The van der Waals surface area contributed by atoms with Gasteiger partial charge in [0.1, 0.15) is 5.75 Å². The Morgan fingerprint density at radius 3 is 2.55 bits per heavy atom. The number of benzene rings is 2. The Morgan fingerprint density at radius 2 is 2.00 bits per heavy atom. The van der Waals surface area contributed by atoms with Crippen LogP contribution in [0.5, 0.6) is 5.75 Å². The second kappa shape index (κ2) is 7.67. The van der Waals surface area contributed by atoms with Crippen LogP contribution in [0.1, 0.15) is 29.7 Å². The van der Waals surface area contributed by atoms with E-state index in [9.17, 15) is 4.79 Å². The summed E-state index contributed by atoms with van der Waals surface area (Å²) in [4.78, 5) is 12.5. The zero-order chi connectivity index (χ0) is 15.9. The van der Waals surface area contributed by atoms with E-state index in [4.69, 9.17) is 10.00 Å². The maximum Gasteiger partial charge on any atom is 0.179 e. The van der Waals surface area contributed by atoms with Gasteiger partial charge < -0.3 is 4.74 Å². The minimum atomic E-state index is -0.645. The molecular weight excluding hydrogens is 294 g/mol. The van der Waals surface area contributed by atoms with Gasteiger partial charge in [0.2, 0.25) is 0 Å². The van der Waals surface area contributed by atoms with Crippen LogP contribution < -0.4 is 4.74 Å². The van der Waals surface area contributed by atoms with Crippen molar-refractivity contribution in [3.63, 3.8) is 0 Å². The van der Waals surface area contributed by atoms with E-state index in [-0.39, 0.29) is 0 Å². The van der Waals surface area contributed by atoms with E-state index >= 15 is 0 Å². The summed E-state index contributed by atoms with van der Waals surface area (Å²) in [6.45, 7) is 3.95. The summed E-state index contributed by atoms with van der Waals surface area (Å²) in [7, 11) is 0. The van der Waals surface area contributed by atoms with Gasteiger partial charge >= 0.3 is 0 Å². The fourth-order valence-corrected chi connectivity index (χ4v) is 2.74. The fourth-order valence-electron chi connectivity index (χ4n) is 2.08. The van der Waals surface area contributed by atoms with E-state index in [1.54, 1.807) is 30.0 Å². The Balaban J connectivity index is 2.16. The van der Waals surface area contributed by atoms with Crippen LogP contribution in [-0.2, 0) is 4.79 Å². The van der Waals surface area contributed by atoms with Crippen LogP contribution in [0.2, 0.25) is 0 Å². The topological polar surface area (TPSA) is 50.1 Å². The molecule has 0 saturated heterocycles. The SMILES string of the molecule is CCSc1ccc(C(C=O)Oc2ccc(C#N)c(C)c2)cc1. The lowest BCUT2D eigenvalue weighted by Gasteiger charge is -2.15. The molecule has 0 aliphatic heterocycles. The second-order valence-electron chi connectivity index (χ2n) is 4.77. The summed E-state index contributed by atoms with van der Waals surface area (Å²) in [6, 6.07) is 15.1. The molecule has 3 nitrogen and oxygen atoms in total. The minimum absolute atomic E-state index is 0.584. The summed E-state index contributed by atoms with van der Waals surface area (Å²) >= 11 is 1.75. The summed E-state index contributed by atoms with van der Waals surface area (Å²) in [5.41, 5.74) is 2.26. The molecular formula is C18H17NO2S. The molecule has 0 radical (unpaired) electrons. The molecule has 0 N–H and O–H groups in total. The number of carbonyl (C=O) groups is 1. The number of aryl methyl sites for hydroxylation is 1. The Kier molecular flexibility index (Phi) is 5.62. The summed E-state index contributed by atoms with van der Waals surface area (Å²) in [5.74, 6) is 1.60. The standard InChI is InChI=1S/C18H17NO2S/c1-3-22-17-8-5-14(6-9-17)18(12-20)21-16-7-4-15(11-19)13(2)10-16/h4-10,12,18H,3H2,1-2H3. The third-order valence-electron chi connectivity index (χ3n) is 3.22. The van der Waals surface area contributed by atoms with Gasteiger partial charge in [-0.2, -0.15) is 5.26 Å². The third-order valence-corrected chi connectivity index (χ3v) is 4.12. The van der Waals surface area contributed by atoms with Crippen molar-refractivity contribution in [3.05, 3.63) is 59.2 Å². The van der Waals surface area contributed by atoms with Crippen molar-refractivity contribution in [1.29, 1.82) is 5.26 Å². The number of ether oxygens (including phenoxy) is 1. The molecule has 0 aliphatic carbocycles. The highest BCUT2D eigenvalue weighted by molar-refractivity contribution is 7.99. The lowest BCUT2D eigenvalue weighted by molar-refractivity contribution is -0.113. The van der Waals surface area contributed by atoms with Gasteiger partial charge in [-0.3, -0.25) is 4.79 Å². The van der Waals surface area contributed by atoms with Crippen LogP contribution >= 0.6 is 11.8 Å². The van der Waals surface area contributed by atoms with Crippen LogP contribution in [0.4, 0.5) is 0 Å². The van der Waals surface area contributed by atoms with Crippen molar-refractivity contribution in [1.82, 2.24) is 0 Å². The maximum absolute atomic E-state index is 11.3. The van der Waals surface area contributed by atoms with Crippen LogP contribution in [0.15, 0.2) is 47.4 Å². The maximum atomic E-state index is 11.3. The van der Waals surface area contributed by atoms with Gasteiger partial charge in [-0.05, 0) is 54.1 Å². The predicted molar refractivity (Wildman–Crippen MR) is 88.2 cm³/mol. The molecule has 0 bridgehead atoms. The molecule has 0 aromatic heterocycles. The molecule has 22 heavy (non-hydrogen) atoms. The molecule has 1 atom stereocenters. The van der Waals surface area contributed by atoms with Crippen molar-refractivity contribution in [2.24, 2.45) is 0 Å². The number of nitriles is 1.